The van der Waals surface area contributed by atoms with Gasteiger partial charge in [-0.15, -0.1) is 0 Å². The summed E-state index contributed by atoms with van der Waals surface area (Å²) < 4.78 is 16.6. The quantitative estimate of drug-likeness (QED) is 0.788. The molecule has 148 valence electrons. The number of morpholine rings is 1. The molecule has 0 spiro atoms. The van der Waals surface area contributed by atoms with Gasteiger partial charge in [-0.1, -0.05) is 30.3 Å². The van der Waals surface area contributed by atoms with E-state index in [0.717, 1.165) is 5.56 Å². The van der Waals surface area contributed by atoms with Crippen molar-refractivity contribution >= 4 is 11.9 Å². The number of rotatable bonds is 7. The maximum Gasteiger partial charge on any atom is 0.334 e. The predicted octanol–water partition coefficient (Wildman–Crippen LogP) is 2.34. The van der Waals surface area contributed by atoms with Crippen LogP contribution in [0.1, 0.15) is 12.5 Å². The molecular formula is C21H23NO6. The number of amides is 1. The van der Waals surface area contributed by atoms with Gasteiger partial charge in [0, 0.05) is 6.54 Å². The minimum Gasteiger partial charge on any atom is -0.489 e. The zero-order valence-electron chi connectivity index (χ0n) is 15.6. The third-order valence-electron chi connectivity index (χ3n) is 4.32. The number of carbonyl (C=O) groups is 2. The van der Waals surface area contributed by atoms with E-state index < -0.39 is 12.1 Å². The van der Waals surface area contributed by atoms with Gasteiger partial charge in [-0.05, 0) is 36.8 Å². The van der Waals surface area contributed by atoms with E-state index >= 15 is 0 Å². The summed E-state index contributed by atoms with van der Waals surface area (Å²) in [4.78, 5) is 24.9. The molecule has 0 saturated carbocycles. The fraction of sp³-hybridized carbons (Fsp3) is 0.333. The van der Waals surface area contributed by atoms with E-state index in [-0.39, 0.29) is 25.2 Å². The summed E-state index contributed by atoms with van der Waals surface area (Å²) in [5.74, 6) is -0.104. The first-order chi connectivity index (χ1) is 13.5. The molecule has 1 aliphatic rings. The van der Waals surface area contributed by atoms with Crippen LogP contribution >= 0.6 is 0 Å². The molecule has 2 atom stereocenters. The van der Waals surface area contributed by atoms with E-state index in [1.807, 2.05) is 30.3 Å². The van der Waals surface area contributed by atoms with Gasteiger partial charge in [0.25, 0.3) is 5.91 Å². The number of hydrogen-bond acceptors (Lipinski definition) is 5. The molecule has 1 heterocycles. The molecule has 0 radical (unpaired) electrons. The van der Waals surface area contributed by atoms with Crippen molar-refractivity contribution < 1.29 is 28.9 Å². The van der Waals surface area contributed by atoms with E-state index in [9.17, 15) is 9.59 Å². The van der Waals surface area contributed by atoms with Crippen molar-refractivity contribution in [2.75, 3.05) is 19.7 Å². The molecule has 2 aromatic carbocycles. The van der Waals surface area contributed by atoms with Crippen molar-refractivity contribution in [3.8, 4) is 11.5 Å². The molecule has 0 aliphatic carbocycles. The van der Waals surface area contributed by atoms with Gasteiger partial charge in [0.05, 0.1) is 12.6 Å². The van der Waals surface area contributed by atoms with Crippen LogP contribution in [-0.2, 0) is 20.9 Å². The third kappa shape index (κ3) is 5.47. The lowest BCUT2D eigenvalue weighted by atomic mass is 10.2. The molecular weight excluding hydrogens is 362 g/mol. The van der Waals surface area contributed by atoms with Gasteiger partial charge in [0.15, 0.2) is 12.7 Å². The van der Waals surface area contributed by atoms with Crippen LogP contribution in [0, 0.1) is 0 Å². The fourth-order valence-corrected chi connectivity index (χ4v) is 2.90. The molecule has 1 N–H and O–H groups in total. The molecule has 7 heteroatoms. The Kier molecular flexibility index (Phi) is 6.49. The summed E-state index contributed by atoms with van der Waals surface area (Å²) in [6.07, 6.45) is -1.34. The summed E-state index contributed by atoms with van der Waals surface area (Å²) in [5, 5.41) is 9.10. The molecule has 1 saturated heterocycles. The van der Waals surface area contributed by atoms with Crippen molar-refractivity contribution in [1.82, 2.24) is 4.90 Å². The van der Waals surface area contributed by atoms with Crippen LogP contribution in [0.5, 0.6) is 11.5 Å². The highest BCUT2D eigenvalue weighted by atomic mass is 16.5. The number of aliphatic carboxylic acids is 1. The van der Waals surface area contributed by atoms with Crippen molar-refractivity contribution in [2.45, 2.75) is 25.7 Å². The zero-order valence-corrected chi connectivity index (χ0v) is 15.6. The standard InChI is InChI=1S/C21H23NO6/c1-15-11-22(12-19(28-15)21(24)25)20(23)14-27-18-9-7-17(8-10-18)26-13-16-5-3-2-4-6-16/h2-10,15,19H,11-14H2,1H3,(H,24,25)/t15-,19?/m1/s1. The van der Waals surface area contributed by atoms with E-state index in [2.05, 4.69) is 0 Å². The van der Waals surface area contributed by atoms with E-state index in [4.69, 9.17) is 19.3 Å². The summed E-state index contributed by atoms with van der Waals surface area (Å²) >= 11 is 0. The van der Waals surface area contributed by atoms with Gasteiger partial charge in [-0.3, -0.25) is 4.79 Å². The van der Waals surface area contributed by atoms with Crippen molar-refractivity contribution in [3.05, 3.63) is 60.2 Å². The maximum atomic E-state index is 12.3. The van der Waals surface area contributed by atoms with Crippen LogP contribution in [0.25, 0.3) is 0 Å². The number of carbonyl (C=O) groups excluding carboxylic acids is 1. The maximum absolute atomic E-state index is 12.3. The topological polar surface area (TPSA) is 85.3 Å². The van der Waals surface area contributed by atoms with E-state index in [1.54, 1.807) is 31.2 Å². The summed E-state index contributed by atoms with van der Waals surface area (Å²) in [6, 6.07) is 16.9. The van der Waals surface area contributed by atoms with Crippen LogP contribution < -0.4 is 9.47 Å². The number of hydrogen-bond donors (Lipinski definition) is 1. The predicted molar refractivity (Wildman–Crippen MR) is 101 cm³/mol. The molecule has 0 bridgehead atoms. The normalized spacial score (nSPS) is 19.1. The summed E-state index contributed by atoms with van der Waals surface area (Å²) in [7, 11) is 0. The second-order valence-electron chi connectivity index (χ2n) is 6.61. The second kappa shape index (κ2) is 9.23. The summed E-state index contributed by atoms with van der Waals surface area (Å²) in [5.41, 5.74) is 1.08. The van der Waals surface area contributed by atoms with Gasteiger partial charge >= 0.3 is 5.97 Å². The molecule has 3 rings (SSSR count). The first kappa shape index (κ1) is 19.7. The van der Waals surface area contributed by atoms with Gasteiger partial charge in [0.1, 0.15) is 18.1 Å². The molecule has 1 fully saturated rings. The Hall–Kier alpha value is -3.06. The lowest BCUT2D eigenvalue weighted by molar-refractivity contribution is -0.167. The number of benzene rings is 2. The van der Waals surface area contributed by atoms with Crippen LogP contribution in [0.3, 0.4) is 0 Å². The van der Waals surface area contributed by atoms with Gasteiger partial charge in [-0.25, -0.2) is 4.79 Å². The number of nitrogens with zero attached hydrogens (tertiary/aromatic N) is 1. The minimum atomic E-state index is -1.07. The van der Waals surface area contributed by atoms with Crippen molar-refractivity contribution in [1.29, 1.82) is 0 Å². The Bertz CT molecular complexity index is 792. The molecule has 1 aliphatic heterocycles. The Labute approximate surface area is 163 Å². The average molecular weight is 385 g/mol. The highest BCUT2D eigenvalue weighted by Crippen LogP contribution is 2.19. The Morgan fingerprint density at radius 1 is 1.04 bits per heavy atom. The van der Waals surface area contributed by atoms with E-state index in [1.165, 1.54) is 4.90 Å². The molecule has 2 aromatic rings. The third-order valence-corrected chi connectivity index (χ3v) is 4.32. The fourth-order valence-electron chi connectivity index (χ4n) is 2.90. The highest BCUT2D eigenvalue weighted by Gasteiger charge is 2.32. The van der Waals surface area contributed by atoms with Gasteiger partial charge < -0.3 is 24.2 Å². The minimum absolute atomic E-state index is 0.0220. The molecule has 7 nitrogen and oxygen atoms in total. The smallest absolute Gasteiger partial charge is 0.334 e. The number of ether oxygens (including phenoxy) is 3. The van der Waals surface area contributed by atoms with Gasteiger partial charge in [-0.2, -0.15) is 0 Å². The molecule has 0 aromatic heterocycles. The summed E-state index contributed by atoms with van der Waals surface area (Å²) in [6.45, 7) is 2.42. The second-order valence-corrected chi connectivity index (χ2v) is 6.61. The van der Waals surface area contributed by atoms with Crippen molar-refractivity contribution in [3.63, 3.8) is 0 Å². The van der Waals surface area contributed by atoms with Crippen LogP contribution in [0.15, 0.2) is 54.6 Å². The van der Waals surface area contributed by atoms with Crippen LogP contribution in [0.4, 0.5) is 0 Å². The molecule has 1 amide bonds. The Morgan fingerprint density at radius 3 is 2.32 bits per heavy atom. The Morgan fingerprint density at radius 2 is 1.68 bits per heavy atom. The first-order valence-corrected chi connectivity index (χ1v) is 9.07. The number of carboxylic acid groups (broad SMARTS) is 1. The largest absolute Gasteiger partial charge is 0.489 e. The van der Waals surface area contributed by atoms with Crippen molar-refractivity contribution in [2.24, 2.45) is 0 Å². The number of carboxylic acids is 1. The van der Waals surface area contributed by atoms with Crippen LogP contribution in [0.2, 0.25) is 0 Å². The van der Waals surface area contributed by atoms with E-state index in [0.29, 0.717) is 24.7 Å². The lowest BCUT2D eigenvalue weighted by Crippen LogP contribution is -2.52. The highest BCUT2D eigenvalue weighted by molar-refractivity contribution is 5.80. The lowest BCUT2D eigenvalue weighted by Gasteiger charge is -2.34. The first-order valence-electron chi connectivity index (χ1n) is 9.07. The average Bonchev–Trinajstić information content (AvgIpc) is 2.71. The SMILES string of the molecule is C[C@@H]1CN(C(=O)COc2ccc(OCc3ccccc3)cc2)CC(C(=O)O)O1. The monoisotopic (exact) mass is 385 g/mol. The Balaban J connectivity index is 1.47. The molecule has 1 unspecified atom stereocenters. The molecule has 28 heavy (non-hydrogen) atoms. The van der Waals surface area contributed by atoms with Crippen LogP contribution in [-0.4, -0.2) is 53.8 Å². The zero-order chi connectivity index (χ0) is 19.9. The van der Waals surface area contributed by atoms with Gasteiger partial charge in [0.2, 0.25) is 0 Å².